The van der Waals surface area contributed by atoms with E-state index in [1.807, 2.05) is 0 Å². The lowest BCUT2D eigenvalue weighted by Gasteiger charge is -2.30. The fourth-order valence-electron chi connectivity index (χ4n) is 2.42. The first-order chi connectivity index (χ1) is 7.81. The zero-order valence-electron chi connectivity index (χ0n) is 9.58. The SMILES string of the molecule is COCC1CC(c2ccccc2Br)CCN1. The van der Waals surface area contributed by atoms with Gasteiger partial charge < -0.3 is 10.1 Å². The van der Waals surface area contributed by atoms with Gasteiger partial charge in [-0.1, -0.05) is 34.1 Å². The van der Waals surface area contributed by atoms with Gasteiger partial charge in [0.15, 0.2) is 0 Å². The highest BCUT2D eigenvalue weighted by Gasteiger charge is 2.23. The summed E-state index contributed by atoms with van der Waals surface area (Å²) in [6.07, 6.45) is 2.37. The summed E-state index contributed by atoms with van der Waals surface area (Å²) >= 11 is 3.64. The molecule has 2 atom stereocenters. The molecule has 1 aliphatic heterocycles. The van der Waals surface area contributed by atoms with Gasteiger partial charge in [-0.2, -0.15) is 0 Å². The van der Waals surface area contributed by atoms with Gasteiger partial charge in [0.05, 0.1) is 6.61 Å². The second-order valence-electron chi connectivity index (χ2n) is 4.35. The lowest BCUT2D eigenvalue weighted by Crippen LogP contribution is -2.40. The first kappa shape index (κ1) is 12.1. The normalized spacial score (nSPS) is 25.6. The maximum absolute atomic E-state index is 5.22. The monoisotopic (exact) mass is 283 g/mol. The molecule has 2 nitrogen and oxygen atoms in total. The van der Waals surface area contributed by atoms with Gasteiger partial charge in [0.25, 0.3) is 0 Å². The topological polar surface area (TPSA) is 21.3 Å². The third-order valence-electron chi connectivity index (χ3n) is 3.21. The number of nitrogens with one attached hydrogen (secondary N) is 1. The standard InChI is InChI=1S/C13H18BrNO/c1-16-9-11-8-10(6-7-15-11)12-4-2-3-5-13(12)14/h2-5,10-11,15H,6-9H2,1H3. The Labute approximate surface area is 106 Å². The molecule has 0 aromatic heterocycles. The molecular weight excluding hydrogens is 266 g/mol. The summed E-state index contributed by atoms with van der Waals surface area (Å²) in [4.78, 5) is 0. The number of hydrogen-bond acceptors (Lipinski definition) is 2. The van der Waals surface area contributed by atoms with E-state index in [9.17, 15) is 0 Å². The van der Waals surface area contributed by atoms with Crippen LogP contribution in [0.4, 0.5) is 0 Å². The number of rotatable bonds is 3. The Morgan fingerprint density at radius 3 is 3.00 bits per heavy atom. The van der Waals surface area contributed by atoms with Gasteiger partial charge in [0.1, 0.15) is 0 Å². The molecule has 0 aliphatic carbocycles. The van der Waals surface area contributed by atoms with Crippen LogP contribution in [-0.4, -0.2) is 26.3 Å². The number of methoxy groups -OCH3 is 1. The Morgan fingerprint density at radius 2 is 2.25 bits per heavy atom. The Kier molecular flexibility index (Phi) is 4.38. The van der Waals surface area contributed by atoms with Crippen molar-refractivity contribution in [2.24, 2.45) is 0 Å². The molecule has 1 aromatic carbocycles. The highest BCUT2D eigenvalue weighted by Crippen LogP contribution is 2.32. The molecule has 0 bridgehead atoms. The van der Waals surface area contributed by atoms with Crippen molar-refractivity contribution in [2.45, 2.75) is 24.8 Å². The number of benzene rings is 1. The van der Waals surface area contributed by atoms with Gasteiger partial charge in [-0.25, -0.2) is 0 Å². The largest absolute Gasteiger partial charge is 0.383 e. The molecule has 1 heterocycles. The average Bonchev–Trinajstić information content (AvgIpc) is 2.30. The second-order valence-corrected chi connectivity index (χ2v) is 5.20. The van der Waals surface area contributed by atoms with Gasteiger partial charge in [-0.15, -0.1) is 0 Å². The highest BCUT2D eigenvalue weighted by atomic mass is 79.9. The number of halogens is 1. The number of piperidine rings is 1. The van der Waals surface area contributed by atoms with Crippen molar-refractivity contribution >= 4 is 15.9 Å². The Morgan fingerprint density at radius 1 is 1.44 bits per heavy atom. The van der Waals surface area contributed by atoms with Crippen molar-refractivity contribution in [1.29, 1.82) is 0 Å². The third kappa shape index (κ3) is 2.84. The third-order valence-corrected chi connectivity index (χ3v) is 3.93. The van der Waals surface area contributed by atoms with Crippen LogP contribution in [0.3, 0.4) is 0 Å². The van der Waals surface area contributed by atoms with Crippen molar-refractivity contribution in [3.8, 4) is 0 Å². The van der Waals surface area contributed by atoms with Gasteiger partial charge in [-0.3, -0.25) is 0 Å². The molecule has 0 saturated carbocycles. The molecule has 0 radical (unpaired) electrons. The van der Waals surface area contributed by atoms with Crippen LogP contribution in [-0.2, 0) is 4.74 Å². The van der Waals surface area contributed by atoms with E-state index in [1.165, 1.54) is 16.5 Å². The van der Waals surface area contributed by atoms with Gasteiger partial charge in [0, 0.05) is 17.6 Å². The summed E-state index contributed by atoms with van der Waals surface area (Å²) in [6.45, 7) is 1.89. The van der Waals surface area contributed by atoms with Crippen LogP contribution in [0.5, 0.6) is 0 Å². The summed E-state index contributed by atoms with van der Waals surface area (Å²) in [7, 11) is 1.77. The average molecular weight is 284 g/mol. The van der Waals surface area contributed by atoms with E-state index >= 15 is 0 Å². The van der Waals surface area contributed by atoms with Crippen molar-refractivity contribution in [1.82, 2.24) is 5.32 Å². The number of ether oxygens (including phenoxy) is 1. The van der Waals surface area contributed by atoms with E-state index in [4.69, 9.17) is 4.74 Å². The molecule has 1 N–H and O–H groups in total. The van der Waals surface area contributed by atoms with Crippen LogP contribution >= 0.6 is 15.9 Å². The predicted molar refractivity (Wildman–Crippen MR) is 69.8 cm³/mol. The molecule has 0 spiro atoms. The molecule has 3 heteroatoms. The summed E-state index contributed by atoms with van der Waals surface area (Å²) in [5, 5.41) is 3.50. The molecule has 1 aliphatic rings. The minimum atomic E-state index is 0.496. The molecule has 2 unspecified atom stereocenters. The minimum Gasteiger partial charge on any atom is -0.383 e. The van der Waals surface area contributed by atoms with Crippen LogP contribution in [0.25, 0.3) is 0 Å². The summed E-state index contributed by atoms with van der Waals surface area (Å²) < 4.78 is 6.46. The lowest BCUT2D eigenvalue weighted by atomic mass is 9.87. The fourth-order valence-corrected chi connectivity index (χ4v) is 3.03. The van der Waals surface area contributed by atoms with E-state index < -0.39 is 0 Å². The molecule has 1 fully saturated rings. The Balaban J connectivity index is 2.07. The van der Waals surface area contributed by atoms with E-state index in [0.717, 1.165) is 19.6 Å². The van der Waals surface area contributed by atoms with Crippen LogP contribution in [0, 0.1) is 0 Å². The molecule has 1 saturated heterocycles. The van der Waals surface area contributed by atoms with Gasteiger partial charge in [0.2, 0.25) is 0 Å². The molecule has 2 rings (SSSR count). The second kappa shape index (κ2) is 5.80. The molecule has 0 amide bonds. The van der Waals surface area contributed by atoms with Crippen LogP contribution < -0.4 is 5.32 Å². The first-order valence-corrected chi connectivity index (χ1v) is 6.57. The first-order valence-electron chi connectivity index (χ1n) is 5.78. The summed E-state index contributed by atoms with van der Waals surface area (Å²) in [6, 6.07) is 9.04. The van der Waals surface area contributed by atoms with Crippen molar-refractivity contribution < 1.29 is 4.74 Å². The van der Waals surface area contributed by atoms with E-state index in [-0.39, 0.29) is 0 Å². The Bertz CT molecular complexity index is 340. The maximum atomic E-state index is 5.22. The quantitative estimate of drug-likeness (QED) is 0.921. The number of hydrogen-bond donors (Lipinski definition) is 1. The van der Waals surface area contributed by atoms with Crippen molar-refractivity contribution in [3.05, 3.63) is 34.3 Å². The highest BCUT2D eigenvalue weighted by molar-refractivity contribution is 9.10. The zero-order chi connectivity index (χ0) is 11.4. The van der Waals surface area contributed by atoms with E-state index in [2.05, 4.69) is 45.5 Å². The lowest BCUT2D eigenvalue weighted by molar-refractivity contribution is 0.149. The molecule has 16 heavy (non-hydrogen) atoms. The molecule has 88 valence electrons. The van der Waals surface area contributed by atoms with Crippen LogP contribution in [0.15, 0.2) is 28.7 Å². The smallest absolute Gasteiger partial charge is 0.0616 e. The predicted octanol–water partition coefficient (Wildman–Crippen LogP) is 2.93. The minimum absolute atomic E-state index is 0.496. The van der Waals surface area contributed by atoms with E-state index in [0.29, 0.717) is 12.0 Å². The van der Waals surface area contributed by atoms with Crippen LogP contribution in [0.2, 0.25) is 0 Å². The molecule has 1 aromatic rings. The van der Waals surface area contributed by atoms with Crippen molar-refractivity contribution in [3.63, 3.8) is 0 Å². The van der Waals surface area contributed by atoms with E-state index in [1.54, 1.807) is 7.11 Å². The summed E-state index contributed by atoms with van der Waals surface area (Å²) in [5.74, 6) is 0.650. The van der Waals surface area contributed by atoms with Crippen LogP contribution in [0.1, 0.15) is 24.3 Å². The van der Waals surface area contributed by atoms with Crippen molar-refractivity contribution in [2.75, 3.05) is 20.3 Å². The van der Waals surface area contributed by atoms with Gasteiger partial charge >= 0.3 is 0 Å². The van der Waals surface area contributed by atoms with Gasteiger partial charge in [-0.05, 0) is 36.9 Å². The fraction of sp³-hybridized carbons (Fsp3) is 0.538. The Hall–Kier alpha value is -0.380. The molecular formula is C13H18BrNO. The summed E-state index contributed by atoms with van der Waals surface area (Å²) in [5.41, 5.74) is 1.44. The zero-order valence-corrected chi connectivity index (χ0v) is 11.2. The maximum Gasteiger partial charge on any atom is 0.0616 e.